The molecule has 0 radical (unpaired) electrons. The van der Waals surface area contributed by atoms with Crippen LogP contribution in [0.2, 0.25) is 0 Å². The van der Waals surface area contributed by atoms with Crippen LogP contribution < -0.4 is 5.32 Å². The minimum absolute atomic E-state index is 0.237. The van der Waals surface area contributed by atoms with Crippen LogP contribution in [0.4, 0.5) is 0 Å². The van der Waals surface area contributed by atoms with E-state index in [9.17, 15) is 0 Å². The van der Waals surface area contributed by atoms with Gasteiger partial charge in [-0.15, -0.1) is 0 Å². The van der Waals surface area contributed by atoms with Crippen molar-refractivity contribution in [2.45, 2.75) is 51.9 Å². The average molecular weight is 243 g/mol. The Labute approximate surface area is 104 Å². The van der Waals surface area contributed by atoms with Gasteiger partial charge in [-0.2, -0.15) is 0 Å². The summed E-state index contributed by atoms with van der Waals surface area (Å²) in [6, 6.07) is 0.547. The first-order valence-electron chi connectivity index (χ1n) is 6.69. The lowest BCUT2D eigenvalue weighted by molar-refractivity contribution is -0.146. The van der Waals surface area contributed by atoms with E-state index in [0.717, 1.165) is 32.6 Å². The van der Waals surface area contributed by atoms with Gasteiger partial charge >= 0.3 is 0 Å². The molecular weight excluding hydrogens is 218 g/mol. The molecule has 2 rings (SSSR count). The van der Waals surface area contributed by atoms with Crippen LogP contribution in [0.3, 0.4) is 0 Å². The summed E-state index contributed by atoms with van der Waals surface area (Å²) in [5.74, 6) is 0. The Morgan fingerprint density at radius 2 is 2.24 bits per heavy atom. The molecule has 2 aliphatic rings. The Bertz CT molecular complexity index is 239. The van der Waals surface area contributed by atoms with Crippen molar-refractivity contribution >= 4 is 0 Å². The number of nitrogens with one attached hydrogen (secondary N) is 1. The lowest BCUT2D eigenvalue weighted by Gasteiger charge is -2.52. The summed E-state index contributed by atoms with van der Waals surface area (Å²) in [4.78, 5) is 0. The maximum absolute atomic E-state index is 5.72. The van der Waals surface area contributed by atoms with Gasteiger partial charge in [0.1, 0.15) is 6.79 Å². The summed E-state index contributed by atoms with van der Waals surface area (Å²) in [7, 11) is 0. The van der Waals surface area contributed by atoms with Crippen LogP contribution in [0.25, 0.3) is 0 Å². The minimum Gasteiger partial charge on any atom is -0.378 e. The zero-order valence-electron chi connectivity index (χ0n) is 11.2. The van der Waals surface area contributed by atoms with E-state index in [1.165, 1.54) is 0 Å². The number of hydrogen-bond acceptors (Lipinski definition) is 4. The van der Waals surface area contributed by atoms with Crippen molar-refractivity contribution in [2.24, 2.45) is 5.41 Å². The average Bonchev–Trinajstić information content (AvgIpc) is 2.34. The molecule has 2 fully saturated rings. The Morgan fingerprint density at radius 1 is 1.41 bits per heavy atom. The predicted molar refractivity (Wildman–Crippen MR) is 65.9 cm³/mol. The molecule has 3 atom stereocenters. The Balaban J connectivity index is 1.70. The van der Waals surface area contributed by atoms with Crippen LogP contribution in [0.1, 0.15) is 33.6 Å². The van der Waals surface area contributed by atoms with E-state index in [1.54, 1.807) is 0 Å². The van der Waals surface area contributed by atoms with Crippen LogP contribution in [0.5, 0.6) is 0 Å². The quantitative estimate of drug-likeness (QED) is 0.795. The number of ether oxygens (including phenoxy) is 3. The Hall–Kier alpha value is -0.160. The third-order valence-electron chi connectivity index (χ3n) is 4.11. The van der Waals surface area contributed by atoms with Gasteiger partial charge in [-0.3, -0.25) is 0 Å². The van der Waals surface area contributed by atoms with Crippen molar-refractivity contribution in [3.63, 3.8) is 0 Å². The second-order valence-electron chi connectivity index (χ2n) is 5.57. The monoisotopic (exact) mass is 243 g/mol. The lowest BCUT2D eigenvalue weighted by atomic mass is 9.64. The van der Waals surface area contributed by atoms with Gasteiger partial charge in [0.25, 0.3) is 0 Å². The van der Waals surface area contributed by atoms with Crippen molar-refractivity contribution in [3.05, 3.63) is 0 Å². The molecule has 1 aliphatic heterocycles. The molecule has 1 saturated carbocycles. The molecule has 100 valence electrons. The minimum atomic E-state index is 0.237. The highest BCUT2D eigenvalue weighted by Crippen LogP contribution is 2.42. The first kappa shape index (κ1) is 13.3. The molecule has 1 N–H and O–H groups in total. The second-order valence-corrected chi connectivity index (χ2v) is 5.57. The smallest absolute Gasteiger partial charge is 0.147 e. The van der Waals surface area contributed by atoms with Crippen molar-refractivity contribution < 1.29 is 14.2 Å². The van der Waals surface area contributed by atoms with Gasteiger partial charge in [-0.25, -0.2) is 0 Å². The van der Waals surface area contributed by atoms with Gasteiger partial charge in [-0.05, 0) is 19.8 Å². The van der Waals surface area contributed by atoms with Gasteiger partial charge in [-0.1, -0.05) is 13.8 Å². The molecule has 3 unspecified atom stereocenters. The molecular formula is C13H25NO3. The third-order valence-corrected chi connectivity index (χ3v) is 4.11. The molecule has 0 aromatic carbocycles. The fourth-order valence-corrected chi connectivity index (χ4v) is 2.65. The molecule has 1 saturated heterocycles. The molecule has 0 amide bonds. The van der Waals surface area contributed by atoms with Gasteiger partial charge in [0.05, 0.1) is 18.8 Å². The summed E-state index contributed by atoms with van der Waals surface area (Å²) in [5, 5.41) is 3.61. The molecule has 1 aliphatic carbocycles. The fraction of sp³-hybridized carbons (Fsp3) is 1.00. The highest BCUT2D eigenvalue weighted by atomic mass is 16.7. The topological polar surface area (TPSA) is 39.7 Å². The first-order valence-corrected chi connectivity index (χ1v) is 6.69. The Kier molecular flexibility index (Phi) is 4.42. The maximum Gasteiger partial charge on any atom is 0.147 e. The molecule has 0 aromatic rings. The van der Waals surface area contributed by atoms with Crippen molar-refractivity contribution in [3.8, 4) is 0 Å². The fourth-order valence-electron chi connectivity index (χ4n) is 2.65. The molecule has 0 aromatic heterocycles. The zero-order valence-corrected chi connectivity index (χ0v) is 11.2. The van der Waals surface area contributed by atoms with E-state index in [4.69, 9.17) is 14.2 Å². The summed E-state index contributed by atoms with van der Waals surface area (Å²) >= 11 is 0. The van der Waals surface area contributed by atoms with Crippen molar-refractivity contribution in [2.75, 3.05) is 26.6 Å². The van der Waals surface area contributed by atoms with Gasteiger partial charge in [0, 0.05) is 24.6 Å². The molecule has 0 spiro atoms. The van der Waals surface area contributed by atoms with Gasteiger partial charge < -0.3 is 19.5 Å². The normalized spacial score (nSPS) is 36.5. The SMILES string of the molecule is CCOC1CC(NCC2CCOCO2)C1(C)C. The van der Waals surface area contributed by atoms with Crippen molar-refractivity contribution in [1.29, 1.82) is 0 Å². The van der Waals surface area contributed by atoms with Crippen LogP contribution in [-0.2, 0) is 14.2 Å². The largest absolute Gasteiger partial charge is 0.378 e. The van der Waals surface area contributed by atoms with Gasteiger partial charge in [0.2, 0.25) is 0 Å². The zero-order chi connectivity index (χ0) is 12.3. The molecule has 17 heavy (non-hydrogen) atoms. The number of hydrogen-bond donors (Lipinski definition) is 1. The van der Waals surface area contributed by atoms with E-state index in [0.29, 0.717) is 25.0 Å². The summed E-state index contributed by atoms with van der Waals surface area (Å²) < 4.78 is 16.4. The summed E-state index contributed by atoms with van der Waals surface area (Å²) in [6.07, 6.45) is 2.82. The summed E-state index contributed by atoms with van der Waals surface area (Å²) in [6.45, 7) is 9.62. The van der Waals surface area contributed by atoms with E-state index in [1.807, 2.05) is 0 Å². The standard InChI is InChI=1S/C13H25NO3/c1-4-16-12-7-11(13(12,2)3)14-8-10-5-6-15-9-17-10/h10-12,14H,4-9H2,1-3H3. The molecule has 0 bridgehead atoms. The van der Waals surface area contributed by atoms with Crippen LogP contribution in [0, 0.1) is 5.41 Å². The van der Waals surface area contributed by atoms with Crippen LogP contribution >= 0.6 is 0 Å². The highest BCUT2D eigenvalue weighted by Gasteiger charge is 2.48. The lowest BCUT2D eigenvalue weighted by Crippen LogP contribution is -2.62. The van der Waals surface area contributed by atoms with Crippen LogP contribution in [-0.4, -0.2) is 44.8 Å². The molecule has 4 nitrogen and oxygen atoms in total. The number of rotatable bonds is 5. The maximum atomic E-state index is 5.72. The van der Waals surface area contributed by atoms with E-state index >= 15 is 0 Å². The van der Waals surface area contributed by atoms with Gasteiger partial charge in [0.15, 0.2) is 0 Å². The van der Waals surface area contributed by atoms with Crippen molar-refractivity contribution in [1.82, 2.24) is 5.32 Å². The highest BCUT2D eigenvalue weighted by molar-refractivity contribution is 5.02. The van der Waals surface area contributed by atoms with E-state index in [-0.39, 0.29) is 5.41 Å². The van der Waals surface area contributed by atoms with E-state index in [2.05, 4.69) is 26.1 Å². The molecule has 1 heterocycles. The first-order chi connectivity index (χ1) is 8.14. The Morgan fingerprint density at radius 3 is 2.82 bits per heavy atom. The summed E-state index contributed by atoms with van der Waals surface area (Å²) in [5.41, 5.74) is 0.237. The molecule has 4 heteroatoms. The van der Waals surface area contributed by atoms with Crippen LogP contribution in [0.15, 0.2) is 0 Å². The third kappa shape index (κ3) is 2.99. The predicted octanol–water partition coefficient (Wildman–Crippen LogP) is 1.54. The van der Waals surface area contributed by atoms with E-state index < -0.39 is 0 Å². The second kappa shape index (κ2) is 5.65.